The highest BCUT2D eigenvalue weighted by molar-refractivity contribution is 5.94. The fourth-order valence-electron chi connectivity index (χ4n) is 5.10. The molecular formula is C22H28N4O2. The lowest BCUT2D eigenvalue weighted by Gasteiger charge is -2.31. The van der Waals surface area contributed by atoms with Crippen LogP contribution in [-0.4, -0.2) is 47.8 Å². The highest BCUT2D eigenvalue weighted by atomic mass is 16.5. The number of nitrogens with one attached hydrogen (secondary N) is 1. The number of likely N-dealkylation sites (tertiary alicyclic amines) is 1. The largest absolute Gasteiger partial charge is 0.496 e. The van der Waals surface area contributed by atoms with E-state index < -0.39 is 0 Å². The number of hydrogen-bond acceptors (Lipinski definition) is 4. The first kappa shape index (κ1) is 17.7. The van der Waals surface area contributed by atoms with E-state index in [4.69, 9.17) is 9.84 Å². The number of anilines is 1. The van der Waals surface area contributed by atoms with E-state index in [1.807, 2.05) is 6.20 Å². The highest BCUT2D eigenvalue weighted by Crippen LogP contribution is 2.44. The SMILES string of the molecule is COc1cc2c(cc1C1CC(=O)Nc3c1cnn3C1CCN(C)CC1)CCC2. The third-order valence-electron chi connectivity index (χ3n) is 6.70. The zero-order chi connectivity index (χ0) is 19.3. The van der Waals surface area contributed by atoms with Gasteiger partial charge in [0.25, 0.3) is 0 Å². The van der Waals surface area contributed by atoms with Gasteiger partial charge in [-0.2, -0.15) is 5.10 Å². The van der Waals surface area contributed by atoms with E-state index in [1.54, 1.807) is 7.11 Å². The van der Waals surface area contributed by atoms with E-state index in [1.165, 1.54) is 17.5 Å². The van der Waals surface area contributed by atoms with Crippen LogP contribution in [0.15, 0.2) is 18.3 Å². The van der Waals surface area contributed by atoms with Crippen molar-refractivity contribution < 1.29 is 9.53 Å². The third kappa shape index (κ3) is 2.91. The maximum Gasteiger partial charge on any atom is 0.226 e. The molecule has 1 fully saturated rings. The second-order valence-corrected chi connectivity index (χ2v) is 8.45. The summed E-state index contributed by atoms with van der Waals surface area (Å²) in [5.74, 6) is 1.86. The van der Waals surface area contributed by atoms with Crippen molar-refractivity contribution in [2.24, 2.45) is 0 Å². The van der Waals surface area contributed by atoms with Crippen molar-refractivity contribution in [3.63, 3.8) is 0 Å². The minimum Gasteiger partial charge on any atom is -0.496 e. The Labute approximate surface area is 165 Å². The zero-order valence-corrected chi connectivity index (χ0v) is 16.7. The van der Waals surface area contributed by atoms with Crippen LogP contribution in [0.1, 0.15) is 59.9 Å². The molecule has 0 bridgehead atoms. The molecule has 0 saturated carbocycles. The van der Waals surface area contributed by atoms with Crippen LogP contribution in [-0.2, 0) is 17.6 Å². The Balaban J connectivity index is 1.55. The number of ether oxygens (including phenoxy) is 1. The van der Waals surface area contributed by atoms with Gasteiger partial charge < -0.3 is 15.0 Å². The fraction of sp³-hybridized carbons (Fsp3) is 0.545. The number of rotatable bonds is 3. The van der Waals surface area contributed by atoms with Gasteiger partial charge in [-0.3, -0.25) is 4.79 Å². The number of carbonyl (C=O) groups is 1. The number of methoxy groups -OCH3 is 1. The van der Waals surface area contributed by atoms with Crippen molar-refractivity contribution in [2.45, 2.75) is 50.5 Å². The standard InChI is InChI=1S/C22H28N4O2/c1-25-8-6-16(7-9-25)26-22-19(13-23-26)17(12-21(27)24-22)18-10-14-4-3-5-15(14)11-20(18)28-2/h10-11,13,16-17H,3-9,12H2,1-2H3,(H,24,27). The number of piperidine rings is 1. The van der Waals surface area contributed by atoms with Crippen LogP contribution in [0.2, 0.25) is 0 Å². The smallest absolute Gasteiger partial charge is 0.226 e. The van der Waals surface area contributed by atoms with Gasteiger partial charge in [0.05, 0.1) is 19.3 Å². The van der Waals surface area contributed by atoms with Crippen molar-refractivity contribution in [1.82, 2.24) is 14.7 Å². The fourth-order valence-corrected chi connectivity index (χ4v) is 5.10. The number of benzene rings is 1. The van der Waals surface area contributed by atoms with Crippen LogP contribution < -0.4 is 10.1 Å². The number of aryl methyl sites for hydroxylation is 2. The normalized spacial score (nSPS) is 22.6. The molecule has 0 radical (unpaired) electrons. The predicted octanol–water partition coefficient (Wildman–Crippen LogP) is 3.12. The van der Waals surface area contributed by atoms with E-state index in [2.05, 4.69) is 34.1 Å². The van der Waals surface area contributed by atoms with Crippen LogP contribution in [0.5, 0.6) is 5.75 Å². The Morgan fingerprint density at radius 3 is 2.64 bits per heavy atom. The molecule has 3 aliphatic rings. The van der Waals surface area contributed by atoms with Gasteiger partial charge >= 0.3 is 0 Å². The average Bonchev–Trinajstić information content (AvgIpc) is 3.33. The Morgan fingerprint density at radius 1 is 1.14 bits per heavy atom. The van der Waals surface area contributed by atoms with E-state index >= 15 is 0 Å². The number of nitrogens with zero attached hydrogens (tertiary/aromatic N) is 3. The lowest BCUT2D eigenvalue weighted by atomic mass is 9.85. The molecule has 1 aromatic heterocycles. The molecule has 28 heavy (non-hydrogen) atoms. The van der Waals surface area contributed by atoms with Crippen LogP contribution in [0.25, 0.3) is 0 Å². The lowest BCUT2D eigenvalue weighted by Crippen LogP contribution is -2.33. The quantitative estimate of drug-likeness (QED) is 0.889. The maximum absolute atomic E-state index is 12.6. The molecule has 1 unspecified atom stereocenters. The number of amides is 1. The first-order chi connectivity index (χ1) is 13.6. The molecule has 6 heteroatoms. The summed E-state index contributed by atoms with van der Waals surface area (Å²) in [5, 5.41) is 7.84. The predicted molar refractivity (Wildman–Crippen MR) is 108 cm³/mol. The molecule has 2 aromatic rings. The van der Waals surface area contributed by atoms with Crippen molar-refractivity contribution in [3.8, 4) is 5.75 Å². The van der Waals surface area contributed by atoms with Crippen LogP contribution in [0.3, 0.4) is 0 Å². The van der Waals surface area contributed by atoms with E-state index in [0.29, 0.717) is 12.5 Å². The number of hydrogen-bond donors (Lipinski definition) is 1. The van der Waals surface area contributed by atoms with Crippen molar-refractivity contribution in [3.05, 3.63) is 40.6 Å². The number of aromatic nitrogens is 2. The molecule has 1 atom stereocenters. The lowest BCUT2D eigenvalue weighted by molar-refractivity contribution is -0.116. The molecule has 5 rings (SSSR count). The molecule has 1 aromatic carbocycles. The Bertz CT molecular complexity index is 912. The summed E-state index contributed by atoms with van der Waals surface area (Å²) in [4.78, 5) is 15.0. The monoisotopic (exact) mass is 380 g/mol. The molecule has 0 spiro atoms. The highest BCUT2D eigenvalue weighted by Gasteiger charge is 2.34. The molecule has 6 nitrogen and oxygen atoms in total. The Kier molecular flexibility index (Phi) is 4.38. The summed E-state index contributed by atoms with van der Waals surface area (Å²) < 4.78 is 7.81. The molecule has 3 heterocycles. The van der Waals surface area contributed by atoms with E-state index in [9.17, 15) is 4.79 Å². The van der Waals surface area contributed by atoms with Gasteiger partial charge in [-0.1, -0.05) is 6.07 Å². The van der Waals surface area contributed by atoms with Crippen molar-refractivity contribution in [2.75, 3.05) is 32.6 Å². The molecule has 1 N–H and O–H groups in total. The van der Waals surface area contributed by atoms with Crippen LogP contribution in [0, 0.1) is 0 Å². The molecular weight excluding hydrogens is 352 g/mol. The van der Waals surface area contributed by atoms with Crippen LogP contribution >= 0.6 is 0 Å². The number of fused-ring (bicyclic) bond motifs is 2. The summed E-state index contributed by atoms with van der Waals surface area (Å²) >= 11 is 0. The van der Waals surface area contributed by atoms with Gasteiger partial charge in [-0.25, -0.2) is 4.68 Å². The second kappa shape index (κ2) is 6.92. The summed E-state index contributed by atoms with van der Waals surface area (Å²) in [6, 6.07) is 4.81. The van der Waals surface area contributed by atoms with Gasteiger partial charge in [0, 0.05) is 23.5 Å². The number of carbonyl (C=O) groups excluding carboxylic acids is 1. The first-order valence-corrected chi connectivity index (χ1v) is 10.4. The first-order valence-electron chi connectivity index (χ1n) is 10.4. The molecule has 1 saturated heterocycles. The topological polar surface area (TPSA) is 59.4 Å². The summed E-state index contributed by atoms with van der Waals surface area (Å²) in [5.41, 5.74) is 5.05. The molecule has 2 aliphatic heterocycles. The summed E-state index contributed by atoms with van der Waals surface area (Å²) in [7, 11) is 3.89. The molecule has 148 valence electrons. The van der Waals surface area contributed by atoms with Gasteiger partial charge in [0.2, 0.25) is 5.91 Å². The van der Waals surface area contributed by atoms with E-state index in [0.717, 1.165) is 61.5 Å². The van der Waals surface area contributed by atoms with Gasteiger partial charge in [-0.15, -0.1) is 0 Å². The Morgan fingerprint density at radius 2 is 1.89 bits per heavy atom. The maximum atomic E-state index is 12.6. The van der Waals surface area contributed by atoms with Gasteiger partial charge in [-0.05, 0) is 69.4 Å². The van der Waals surface area contributed by atoms with Gasteiger partial charge in [0.1, 0.15) is 11.6 Å². The van der Waals surface area contributed by atoms with Crippen molar-refractivity contribution >= 4 is 11.7 Å². The minimum atomic E-state index is 0.00427. The third-order valence-corrected chi connectivity index (χ3v) is 6.70. The van der Waals surface area contributed by atoms with E-state index in [-0.39, 0.29) is 11.8 Å². The Hall–Kier alpha value is -2.34. The summed E-state index contributed by atoms with van der Waals surface area (Å²) in [6.45, 7) is 2.13. The summed E-state index contributed by atoms with van der Waals surface area (Å²) in [6.07, 6.45) is 7.97. The van der Waals surface area contributed by atoms with Gasteiger partial charge in [0.15, 0.2) is 0 Å². The second-order valence-electron chi connectivity index (χ2n) is 8.45. The van der Waals surface area contributed by atoms with Crippen LogP contribution in [0.4, 0.5) is 5.82 Å². The van der Waals surface area contributed by atoms with Crippen molar-refractivity contribution in [1.29, 1.82) is 0 Å². The molecule has 1 aliphatic carbocycles. The molecule has 1 amide bonds. The zero-order valence-electron chi connectivity index (χ0n) is 16.7. The average molecular weight is 380 g/mol. The minimum absolute atomic E-state index is 0.00427.